The van der Waals surface area contributed by atoms with Crippen molar-refractivity contribution in [2.24, 2.45) is 5.73 Å². The summed E-state index contributed by atoms with van der Waals surface area (Å²) < 4.78 is 12.0. The van der Waals surface area contributed by atoms with Crippen molar-refractivity contribution in [1.29, 1.82) is 0 Å². The smallest absolute Gasteiger partial charge is 0.339 e. The zero-order chi connectivity index (χ0) is 25.4. The third kappa shape index (κ3) is 3.70. The second-order valence-corrected chi connectivity index (χ2v) is 9.35. The Morgan fingerprint density at radius 2 is 1.67 bits per heavy atom. The van der Waals surface area contributed by atoms with Gasteiger partial charge in [-0.15, -0.1) is 0 Å². The van der Waals surface area contributed by atoms with Crippen LogP contribution in [0.3, 0.4) is 0 Å². The molecule has 0 saturated heterocycles. The van der Waals surface area contributed by atoms with Crippen molar-refractivity contribution in [1.82, 2.24) is 0 Å². The summed E-state index contributed by atoms with van der Waals surface area (Å²) in [6.07, 6.45) is 0. The zero-order valence-electron chi connectivity index (χ0n) is 19.2. The molecule has 3 aromatic carbocycles. The van der Waals surface area contributed by atoms with Crippen molar-refractivity contribution in [3.8, 4) is 0 Å². The van der Waals surface area contributed by atoms with Gasteiger partial charge in [0.1, 0.15) is 23.8 Å². The lowest BCUT2D eigenvalue weighted by molar-refractivity contribution is -0.146. The van der Waals surface area contributed by atoms with E-state index in [4.69, 9.17) is 15.2 Å². The van der Waals surface area contributed by atoms with E-state index >= 15 is 0 Å². The summed E-state index contributed by atoms with van der Waals surface area (Å²) in [6.45, 7) is 1.29. The number of ketones is 1. The third-order valence-corrected chi connectivity index (χ3v) is 6.70. The predicted molar refractivity (Wildman–Crippen MR) is 137 cm³/mol. The molecule has 2 aliphatic rings. The number of carbonyl (C=O) groups excluding carboxylic acids is 3. The number of rotatable bonds is 5. The molecule has 1 atom stereocenters. The normalized spacial score (nSPS) is 18.6. The minimum Gasteiger partial charge on any atom is -0.457 e. The standard InChI is InChI=1S/C28H21BrN2O5/c1-16(32)22-24(18-10-6-3-7-11-18)36-27(34)28(22)20-14-19(29)12-13-21(20)31-25(30)23(28)26(33)35-15-17-8-4-2-5-9-17/h2-14,31H,15,30H2,1H3. The average Bonchev–Trinajstić information content (AvgIpc) is 3.17. The molecule has 0 aromatic heterocycles. The monoisotopic (exact) mass is 544 g/mol. The van der Waals surface area contributed by atoms with Crippen LogP contribution in [0.4, 0.5) is 5.69 Å². The van der Waals surface area contributed by atoms with Gasteiger partial charge in [-0.1, -0.05) is 76.6 Å². The SMILES string of the molecule is CC(=O)C1=C(c2ccccc2)OC(=O)C12C(C(=O)OCc1ccccc1)=C(N)Nc1ccc(Br)cc12. The molecule has 0 aliphatic carbocycles. The van der Waals surface area contributed by atoms with Gasteiger partial charge >= 0.3 is 11.9 Å². The van der Waals surface area contributed by atoms with Gasteiger partial charge in [-0.05, 0) is 30.7 Å². The van der Waals surface area contributed by atoms with E-state index in [-0.39, 0.29) is 29.3 Å². The van der Waals surface area contributed by atoms with Gasteiger partial charge in [0.05, 0.1) is 5.57 Å². The Balaban J connectivity index is 1.75. The molecule has 36 heavy (non-hydrogen) atoms. The summed E-state index contributed by atoms with van der Waals surface area (Å²) in [5.41, 5.74) is 6.41. The molecule has 8 heteroatoms. The second-order valence-electron chi connectivity index (χ2n) is 8.43. The number of carbonyl (C=O) groups is 3. The molecule has 5 rings (SSSR count). The fraction of sp³-hybridized carbons (Fsp3) is 0.107. The van der Waals surface area contributed by atoms with E-state index in [1.54, 1.807) is 42.5 Å². The van der Waals surface area contributed by atoms with E-state index < -0.39 is 23.1 Å². The molecule has 3 N–H and O–H groups in total. The molecular formula is C28H21BrN2O5. The molecule has 7 nitrogen and oxygen atoms in total. The third-order valence-electron chi connectivity index (χ3n) is 6.21. The Morgan fingerprint density at radius 3 is 2.33 bits per heavy atom. The van der Waals surface area contributed by atoms with Crippen LogP contribution >= 0.6 is 15.9 Å². The van der Waals surface area contributed by atoms with Crippen LogP contribution in [0.15, 0.2) is 100 Å². The van der Waals surface area contributed by atoms with E-state index in [0.29, 0.717) is 21.3 Å². The van der Waals surface area contributed by atoms with Crippen molar-refractivity contribution in [3.63, 3.8) is 0 Å². The van der Waals surface area contributed by atoms with Gasteiger partial charge in [-0.25, -0.2) is 9.59 Å². The number of esters is 2. The lowest BCUT2D eigenvalue weighted by Crippen LogP contribution is -2.47. The molecule has 0 amide bonds. The van der Waals surface area contributed by atoms with Crippen LogP contribution < -0.4 is 11.1 Å². The summed E-state index contributed by atoms with van der Waals surface area (Å²) in [6, 6.07) is 23.1. The van der Waals surface area contributed by atoms with Gasteiger partial charge in [0.25, 0.3) is 0 Å². The highest BCUT2D eigenvalue weighted by Gasteiger charge is 2.62. The minimum absolute atomic E-state index is 0.0224. The number of nitrogens with one attached hydrogen (secondary N) is 1. The molecule has 0 bridgehead atoms. The number of ether oxygens (including phenoxy) is 2. The van der Waals surface area contributed by atoms with Crippen LogP contribution in [0.2, 0.25) is 0 Å². The molecule has 1 spiro atoms. The first-order valence-corrected chi connectivity index (χ1v) is 11.9. The van der Waals surface area contributed by atoms with Crippen molar-refractivity contribution < 1.29 is 23.9 Å². The average molecular weight is 545 g/mol. The maximum absolute atomic E-state index is 13.9. The molecule has 0 radical (unpaired) electrons. The summed E-state index contributed by atoms with van der Waals surface area (Å²) in [5.74, 6) is -2.08. The van der Waals surface area contributed by atoms with Crippen LogP contribution in [-0.2, 0) is 35.9 Å². The lowest BCUT2D eigenvalue weighted by atomic mass is 9.65. The zero-order valence-corrected chi connectivity index (χ0v) is 20.8. The minimum atomic E-state index is -1.92. The molecule has 0 saturated carbocycles. The van der Waals surface area contributed by atoms with Gasteiger partial charge < -0.3 is 20.5 Å². The fourth-order valence-electron chi connectivity index (χ4n) is 4.72. The number of nitrogens with two attached hydrogens (primary N) is 1. The Kier molecular flexibility index (Phi) is 5.97. The van der Waals surface area contributed by atoms with E-state index in [9.17, 15) is 14.4 Å². The van der Waals surface area contributed by atoms with Crippen LogP contribution in [0.25, 0.3) is 5.76 Å². The summed E-state index contributed by atoms with van der Waals surface area (Å²) in [5, 5.41) is 3.00. The lowest BCUT2D eigenvalue weighted by Gasteiger charge is -2.36. The maximum Gasteiger partial charge on any atom is 0.339 e. The first kappa shape index (κ1) is 23.6. The van der Waals surface area contributed by atoms with Gasteiger partial charge in [0.15, 0.2) is 11.2 Å². The van der Waals surface area contributed by atoms with Gasteiger partial charge in [0.2, 0.25) is 0 Å². The van der Waals surface area contributed by atoms with Crippen LogP contribution in [0, 0.1) is 0 Å². The molecular weight excluding hydrogens is 524 g/mol. The molecule has 2 heterocycles. The number of benzene rings is 3. The number of Topliss-reactive ketones (excluding diaryl/α,β-unsaturated/α-hetero) is 1. The van der Waals surface area contributed by atoms with Crippen molar-refractivity contribution in [2.45, 2.75) is 18.9 Å². The number of fused-ring (bicyclic) bond motifs is 2. The van der Waals surface area contributed by atoms with Crippen LogP contribution in [0.5, 0.6) is 0 Å². The molecule has 1 unspecified atom stereocenters. The summed E-state index contributed by atoms with van der Waals surface area (Å²) in [4.78, 5) is 40.8. The molecule has 0 fully saturated rings. The Labute approximate surface area is 215 Å². The van der Waals surface area contributed by atoms with E-state index in [2.05, 4.69) is 21.2 Å². The van der Waals surface area contributed by atoms with Crippen LogP contribution in [-0.4, -0.2) is 17.7 Å². The van der Waals surface area contributed by atoms with Crippen molar-refractivity contribution >= 4 is 45.1 Å². The number of halogens is 1. The number of hydrogen-bond donors (Lipinski definition) is 2. The van der Waals surface area contributed by atoms with Gasteiger partial charge in [-0.2, -0.15) is 0 Å². The van der Waals surface area contributed by atoms with E-state index in [1.165, 1.54) is 6.92 Å². The highest BCUT2D eigenvalue weighted by molar-refractivity contribution is 9.10. The van der Waals surface area contributed by atoms with Crippen LogP contribution in [0.1, 0.15) is 23.6 Å². The first-order valence-electron chi connectivity index (χ1n) is 11.2. The van der Waals surface area contributed by atoms with Crippen molar-refractivity contribution in [2.75, 3.05) is 5.32 Å². The Hall–Kier alpha value is -4.17. The topological polar surface area (TPSA) is 108 Å². The largest absolute Gasteiger partial charge is 0.457 e. The fourth-order valence-corrected chi connectivity index (χ4v) is 5.08. The maximum atomic E-state index is 13.9. The van der Waals surface area contributed by atoms with E-state index in [1.807, 2.05) is 36.4 Å². The first-order chi connectivity index (χ1) is 17.3. The number of cyclic esters (lactones) is 1. The summed E-state index contributed by atoms with van der Waals surface area (Å²) in [7, 11) is 0. The Bertz CT molecular complexity index is 1460. The summed E-state index contributed by atoms with van der Waals surface area (Å²) >= 11 is 3.45. The Morgan fingerprint density at radius 1 is 1.00 bits per heavy atom. The van der Waals surface area contributed by atoms with Crippen molar-refractivity contribution in [3.05, 3.63) is 117 Å². The predicted octanol–water partition coefficient (Wildman–Crippen LogP) is 4.58. The highest BCUT2D eigenvalue weighted by atomic mass is 79.9. The number of anilines is 1. The van der Waals surface area contributed by atoms with E-state index in [0.717, 1.165) is 5.56 Å². The molecule has 2 aliphatic heterocycles. The van der Waals surface area contributed by atoms with Gasteiger partial charge in [0, 0.05) is 21.3 Å². The number of hydrogen-bond acceptors (Lipinski definition) is 7. The second kappa shape index (κ2) is 9.13. The van der Waals surface area contributed by atoms with Gasteiger partial charge in [-0.3, -0.25) is 4.79 Å². The molecule has 3 aromatic rings. The quantitative estimate of drug-likeness (QED) is 0.452. The molecule has 180 valence electrons. The highest BCUT2D eigenvalue weighted by Crippen LogP contribution is 2.54.